The molecule has 0 heterocycles. The second-order valence-corrected chi connectivity index (χ2v) is 7.67. The molecule has 0 amide bonds. The first kappa shape index (κ1) is 13.5. The van der Waals surface area contributed by atoms with Crippen LogP contribution in [0.25, 0.3) is 0 Å². The van der Waals surface area contributed by atoms with Crippen LogP contribution in [-0.2, 0) is 4.74 Å². The van der Waals surface area contributed by atoms with Crippen LogP contribution in [0.4, 0.5) is 0 Å². The van der Waals surface area contributed by atoms with Crippen LogP contribution in [-0.4, -0.2) is 24.0 Å². The SMILES string of the molecule is ClCCCCOC12CC3CC(CC(CCl)(C3)C1)C2. The fourth-order valence-corrected chi connectivity index (χ4v) is 5.68. The minimum Gasteiger partial charge on any atom is -0.375 e. The molecule has 4 rings (SSSR count). The summed E-state index contributed by atoms with van der Waals surface area (Å²) in [5.74, 6) is 3.37. The van der Waals surface area contributed by atoms with Gasteiger partial charge in [0.15, 0.2) is 0 Å². The molecule has 4 saturated carbocycles. The molecule has 4 bridgehead atoms. The van der Waals surface area contributed by atoms with E-state index in [1.54, 1.807) is 0 Å². The highest BCUT2D eigenvalue weighted by Gasteiger charge is 2.57. The van der Waals surface area contributed by atoms with Gasteiger partial charge in [-0.1, -0.05) is 0 Å². The number of halogens is 2. The minimum absolute atomic E-state index is 0.186. The van der Waals surface area contributed by atoms with Crippen molar-refractivity contribution in [2.45, 2.75) is 57.0 Å². The van der Waals surface area contributed by atoms with Gasteiger partial charge in [-0.15, -0.1) is 23.2 Å². The zero-order valence-corrected chi connectivity index (χ0v) is 12.6. The van der Waals surface area contributed by atoms with Gasteiger partial charge < -0.3 is 4.74 Å². The lowest BCUT2D eigenvalue weighted by Gasteiger charge is -2.61. The van der Waals surface area contributed by atoms with Crippen molar-refractivity contribution in [3.8, 4) is 0 Å². The maximum Gasteiger partial charge on any atom is 0.0693 e. The second-order valence-electron chi connectivity index (χ2n) is 7.02. The Morgan fingerprint density at radius 1 is 1.00 bits per heavy atom. The van der Waals surface area contributed by atoms with E-state index in [1.807, 2.05) is 0 Å². The van der Waals surface area contributed by atoms with Gasteiger partial charge in [0.1, 0.15) is 0 Å². The fraction of sp³-hybridized carbons (Fsp3) is 1.00. The summed E-state index contributed by atoms with van der Waals surface area (Å²) in [4.78, 5) is 0. The molecule has 2 atom stereocenters. The van der Waals surface area contributed by atoms with Crippen molar-refractivity contribution < 1.29 is 4.74 Å². The quantitative estimate of drug-likeness (QED) is 0.513. The Morgan fingerprint density at radius 3 is 2.33 bits per heavy atom. The Labute approximate surface area is 121 Å². The van der Waals surface area contributed by atoms with Gasteiger partial charge in [-0.2, -0.15) is 0 Å². The predicted molar refractivity (Wildman–Crippen MR) is 76.5 cm³/mol. The van der Waals surface area contributed by atoms with Gasteiger partial charge >= 0.3 is 0 Å². The minimum atomic E-state index is 0.186. The smallest absolute Gasteiger partial charge is 0.0693 e. The van der Waals surface area contributed by atoms with Gasteiger partial charge in [0, 0.05) is 18.4 Å². The maximum absolute atomic E-state index is 6.35. The van der Waals surface area contributed by atoms with E-state index in [9.17, 15) is 0 Å². The highest BCUT2D eigenvalue weighted by molar-refractivity contribution is 6.18. The lowest BCUT2D eigenvalue weighted by molar-refractivity contribution is -0.187. The highest BCUT2D eigenvalue weighted by atomic mass is 35.5. The van der Waals surface area contributed by atoms with Crippen LogP contribution in [0.5, 0.6) is 0 Å². The van der Waals surface area contributed by atoms with E-state index in [0.717, 1.165) is 43.0 Å². The van der Waals surface area contributed by atoms with Crippen molar-refractivity contribution >= 4 is 23.2 Å². The van der Waals surface area contributed by atoms with Gasteiger partial charge in [0.2, 0.25) is 0 Å². The average molecular weight is 291 g/mol. The Balaban J connectivity index is 1.65. The van der Waals surface area contributed by atoms with E-state index in [1.165, 1.54) is 38.5 Å². The predicted octanol–water partition coefficient (Wildman–Crippen LogP) is 4.60. The number of hydrogen-bond donors (Lipinski definition) is 0. The van der Waals surface area contributed by atoms with E-state index >= 15 is 0 Å². The summed E-state index contributed by atoms with van der Waals surface area (Å²) in [5, 5.41) is 0. The molecular formula is C15H24Cl2O. The maximum atomic E-state index is 6.35. The molecule has 4 aliphatic rings. The molecule has 0 spiro atoms. The third-order valence-corrected chi connectivity index (χ3v) is 6.18. The van der Waals surface area contributed by atoms with Crippen LogP contribution in [0.15, 0.2) is 0 Å². The Bertz CT molecular complexity index is 291. The molecule has 0 saturated heterocycles. The first-order valence-corrected chi connectivity index (χ1v) is 8.52. The molecule has 4 aliphatic carbocycles. The Kier molecular flexibility index (Phi) is 3.86. The molecule has 2 unspecified atom stereocenters. The number of unbranched alkanes of at least 4 members (excludes halogenated alkanes) is 1. The summed E-state index contributed by atoms with van der Waals surface area (Å²) in [6.45, 7) is 0.893. The number of ether oxygens (including phenoxy) is 1. The first-order valence-electron chi connectivity index (χ1n) is 7.45. The van der Waals surface area contributed by atoms with E-state index in [0.29, 0.717) is 5.41 Å². The largest absolute Gasteiger partial charge is 0.375 e. The van der Waals surface area contributed by atoms with Gasteiger partial charge in [-0.25, -0.2) is 0 Å². The first-order chi connectivity index (χ1) is 8.69. The van der Waals surface area contributed by atoms with E-state index in [-0.39, 0.29) is 5.60 Å². The van der Waals surface area contributed by atoms with E-state index < -0.39 is 0 Å². The number of rotatable bonds is 6. The standard InChI is InChI=1S/C15H24Cl2O/c16-3-1-2-4-18-15-8-12-5-13(9-15)7-14(6-12,10-15)11-17/h12-13H,1-11H2. The molecule has 0 aromatic carbocycles. The summed E-state index contributed by atoms with van der Waals surface area (Å²) in [6.07, 6.45) is 10.1. The van der Waals surface area contributed by atoms with Crippen LogP contribution in [0.1, 0.15) is 51.4 Å². The average Bonchev–Trinajstić information content (AvgIpc) is 2.33. The van der Waals surface area contributed by atoms with Crippen molar-refractivity contribution in [1.29, 1.82) is 0 Å². The van der Waals surface area contributed by atoms with Gasteiger partial charge in [-0.05, 0) is 68.6 Å². The van der Waals surface area contributed by atoms with Crippen molar-refractivity contribution in [3.63, 3.8) is 0 Å². The topological polar surface area (TPSA) is 9.23 Å². The molecule has 0 aliphatic heterocycles. The summed E-state index contributed by atoms with van der Waals surface area (Å²) in [5.41, 5.74) is 0.601. The summed E-state index contributed by atoms with van der Waals surface area (Å²) < 4.78 is 6.35. The van der Waals surface area contributed by atoms with Crippen LogP contribution in [0.3, 0.4) is 0 Å². The number of hydrogen-bond acceptors (Lipinski definition) is 1. The van der Waals surface area contributed by atoms with Crippen molar-refractivity contribution in [1.82, 2.24) is 0 Å². The molecule has 0 aromatic heterocycles. The van der Waals surface area contributed by atoms with E-state index in [2.05, 4.69) is 0 Å². The van der Waals surface area contributed by atoms with Crippen LogP contribution >= 0.6 is 23.2 Å². The highest BCUT2D eigenvalue weighted by Crippen LogP contribution is 2.63. The molecule has 0 aromatic rings. The van der Waals surface area contributed by atoms with E-state index in [4.69, 9.17) is 27.9 Å². The molecule has 3 heteroatoms. The zero-order valence-electron chi connectivity index (χ0n) is 11.1. The Morgan fingerprint density at radius 2 is 1.72 bits per heavy atom. The monoisotopic (exact) mass is 290 g/mol. The van der Waals surface area contributed by atoms with Gasteiger partial charge in [0.05, 0.1) is 5.60 Å². The molecular weight excluding hydrogens is 267 g/mol. The van der Waals surface area contributed by atoms with Crippen LogP contribution < -0.4 is 0 Å². The lowest BCUT2D eigenvalue weighted by Crippen LogP contribution is -2.57. The molecule has 1 nitrogen and oxygen atoms in total. The van der Waals surface area contributed by atoms with Gasteiger partial charge in [-0.3, -0.25) is 0 Å². The molecule has 4 fully saturated rings. The fourth-order valence-electron chi connectivity index (χ4n) is 5.18. The summed E-state index contributed by atoms with van der Waals surface area (Å²) in [7, 11) is 0. The van der Waals surface area contributed by atoms with Crippen LogP contribution in [0, 0.1) is 17.3 Å². The van der Waals surface area contributed by atoms with Crippen molar-refractivity contribution in [2.24, 2.45) is 17.3 Å². The molecule has 0 N–H and O–H groups in total. The van der Waals surface area contributed by atoms with Crippen molar-refractivity contribution in [3.05, 3.63) is 0 Å². The van der Waals surface area contributed by atoms with Crippen LogP contribution in [0.2, 0.25) is 0 Å². The third kappa shape index (κ3) is 2.43. The van der Waals surface area contributed by atoms with Crippen molar-refractivity contribution in [2.75, 3.05) is 18.4 Å². The number of alkyl halides is 2. The third-order valence-electron chi connectivity index (χ3n) is 5.35. The molecule has 0 radical (unpaired) electrons. The van der Waals surface area contributed by atoms with Gasteiger partial charge in [0.25, 0.3) is 0 Å². The second kappa shape index (κ2) is 5.14. The Hall–Kier alpha value is 0.540. The zero-order chi connectivity index (χ0) is 12.6. The lowest BCUT2D eigenvalue weighted by atomic mass is 9.48. The summed E-state index contributed by atoms with van der Waals surface area (Å²) >= 11 is 12.0. The normalized spacial score (nSPS) is 45.7. The molecule has 104 valence electrons. The molecule has 18 heavy (non-hydrogen) atoms. The summed E-state index contributed by atoms with van der Waals surface area (Å²) in [6, 6.07) is 0.